The van der Waals surface area contributed by atoms with Gasteiger partial charge in [0.1, 0.15) is 11.5 Å². The SMILES string of the molecule is O=C1CCCC(n2ncc(-c3cccc([N+](=O)[O-])c3)n2)C1. The van der Waals surface area contributed by atoms with E-state index in [1.54, 1.807) is 23.1 Å². The van der Waals surface area contributed by atoms with Crippen molar-refractivity contribution in [1.29, 1.82) is 0 Å². The van der Waals surface area contributed by atoms with Crippen LogP contribution in [0.3, 0.4) is 0 Å². The average molecular weight is 286 g/mol. The van der Waals surface area contributed by atoms with Crippen LogP contribution >= 0.6 is 0 Å². The summed E-state index contributed by atoms with van der Waals surface area (Å²) in [6, 6.07) is 6.29. The minimum Gasteiger partial charge on any atom is -0.300 e. The van der Waals surface area contributed by atoms with E-state index in [0.29, 0.717) is 24.1 Å². The van der Waals surface area contributed by atoms with Crippen LogP contribution in [0, 0.1) is 10.1 Å². The summed E-state index contributed by atoms with van der Waals surface area (Å²) in [6.45, 7) is 0. The molecule has 1 heterocycles. The van der Waals surface area contributed by atoms with E-state index in [4.69, 9.17) is 0 Å². The predicted octanol–water partition coefficient (Wildman–Crippen LogP) is 2.54. The zero-order valence-electron chi connectivity index (χ0n) is 11.3. The number of ketones is 1. The highest BCUT2D eigenvalue weighted by Gasteiger charge is 2.23. The smallest absolute Gasteiger partial charge is 0.270 e. The Bertz CT molecular complexity index is 695. The molecule has 7 nitrogen and oxygen atoms in total. The molecule has 1 aromatic carbocycles. The first-order chi connectivity index (χ1) is 10.1. The standard InChI is InChI=1S/C14H14N4O3/c19-13-6-2-4-11(8-13)17-15-9-14(16-17)10-3-1-5-12(7-10)18(20)21/h1,3,5,7,9,11H,2,4,6,8H2. The lowest BCUT2D eigenvalue weighted by Crippen LogP contribution is -2.20. The van der Waals surface area contributed by atoms with E-state index < -0.39 is 4.92 Å². The summed E-state index contributed by atoms with van der Waals surface area (Å²) >= 11 is 0. The molecule has 1 aliphatic rings. The molecule has 1 aliphatic carbocycles. The van der Waals surface area contributed by atoms with Crippen molar-refractivity contribution >= 4 is 11.5 Å². The van der Waals surface area contributed by atoms with Gasteiger partial charge in [-0.3, -0.25) is 14.9 Å². The number of hydrogen-bond acceptors (Lipinski definition) is 5. The van der Waals surface area contributed by atoms with Gasteiger partial charge in [-0.05, 0) is 12.8 Å². The topological polar surface area (TPSA) is 90.9 Å². The second kappa shape index (κ2) is 5.43. The van der Waals surface area contributed by atoms with Gasteiger partial charge in [0.2, 0.25) is 0 Å². The van der Waals surface area contributed by atoms with Crippen molar-refractivity contribution in [2.45, 2.75) is 31.7 Å². The molecule has 0 radical (unpaired) electrons. The molecule has 21 heavy (non-hydrogen) atoms. The van der Waals surface area contributed by atoms with Gasteiger partial charge in [0.05, 0.1) is 17.2 Å². The number of nitrogens with zero attached hydrogens (tertiary/aromatic N) is 4. The van der Waals surface area contributed by atoms with Crippen LogP contribution in [0.5, 0.6) is 0 Å². The Balaban J connectivity index is 1.86. The van der Waals surface area contributed by atoms with Crippen LogP contribution in [0.25, 0.3) is 11.3 Å². The summed E-state index contributed by atoms with van der Waals surface area (Å²) in [5.41, 5.74) is 1.25. The van der Waals surface area contributed by atoms with Gasteiger partial charge in [0.25, 0.3) is 5.69 Å². The van der Waals surface area contributed by atoms with E-state index in [-0.39, 0.29) is 17.5 Å². The van der Waals surface area contributed by atoms with Gasteiger partial charge in [0, 0.05) is 30.5 Å². The Kier molecular flexibility index (Phi) is 3.47. The molecule has 7 heteroatoms. The molecule has 1 unspecified atom stereocenters. The van der Waals surface area contributed by atoms with Crippen molar-refractivity contribution in [3.63, 3.8) is 0 Å². The van der Waals surface area contributed by atoms with Gasteiger partial charge in [-0.15, -0.1) is 0 Å². The van der Waals surface area contributed by atoms with Crippen LogP contribution in [0.2, 0.25) is 0 Å². The van der Waals surface area contributed by atoms with Crippen molar-refractivity contribution in [2.24, 2.45) is 0 Å². The van der Waals surface area contributed by atoms with Crippen molar-refractivity contribution < 1.29 is 9.72 Å². The number of hydrogen-bond donors (Lipinski definition) is 0. The molecule has 1 fully saturated rings. The average Bonchev–Trinajstić information content (AvgIpc) is 2.97. The number of aromatic nitrogens is 3. The fourth-order valence-electron chi connectivity index (χ4n) is 2.56. The number of nitro groups is 1. The number of Topliss-reactive ketones (excluding diaryl/α,β-unsaturated/α-hetero) is 1. The molecule has 2 aromatic rings. The Morgan fingerprint density at radius 2 is 2.24 bits per heavy atom. The summed E-state index contributed by atoms with van der Waals surface area (Å²) < 4.78 is 0. The molecule has 0 spiro atoms. The quantitative estimate of drug-likeness (QED) is 0.638. The molecule has 0 N–H and O–H groups in total. The zero-order chi connectivity index (χ0) is 14.8. The minimum atomic E-state index is -0.437. The molecular weight excluding hydrogens is 272 g/mol. The van der Waals surface area contributed by atoms with Crippen LogP contribution in [0.1, 0.15) is 31.7 Å². The second-order valence-electron chi connectivity index (χ2n) is 5.15. The molecule has 3 rings (SSSR count). The first kappa shape index (κ1) is 13.4. The fourth-order valence-corrected chi connectivity index (χ4v) is 2.56. The number of carbonyl (C=O) groups excluding carboxylic acids is 1. The maximum absolute atomic E-state index is 11.5. The maximum atomic E-state index is 11.5. The van der Waals surface area contributed by atoms with Crippen molar-refractivity contribution in [3.8, 4) is 11.3 Å². The number of nitro benzene ring substituents is 1. The van der Waals surface area contributed by atoms with E-state index in [2.05, 4.69) is 10.2 Å². The third-order valence-electron chi connectivity index (χ3n) is 3.64. The summed E-state index contributed by atoms with van der Waals surface area (Å²) in [4.78, 5) is 23.4. The lowest BCUT2D eigenvalue weighted by atomic mass is 9.95. The van der Waals surface area contributed by atoms with Crippen LogP contribution in [-0.2, 0) is 4.79 Å². The molecule has 0 aliphatic heterocycles. The molecule has 0 bridgehead atoms. The largest absolute Gasteiger partial charge is 0.300 e. The lowest BCUT2D eigenvalue weighted by Gasteiger charge is -2.19. The highest BCUT2D eigenvalue weighted by atomic mass is 16.6. The third kappa shape index (κ3) is 2.81. The predicted molar refractivity (Wildman–Crippen MR) is 74.6 cm³/mol. The second-order valence-corrected chi connectivity index (χ2v) is 5.15. The van der Waals surface area contributed by atoms with Gasteiger partial charge < -0.3 is 0 Å². The van der Waals surface area contributed by atoms with Crippen LogP contribution in [-0.4, -0.2) is 25.7 Å². The van der Waals surface area contributed by atoms with Crippen molar-refractivity contribution in [3.05, 3.63) is 40.6 Å². The normalized spacial score (nSPS) is 18.7. The van der Waals surface area contributed by atoms with E-state index in [9.17, 15) is 14.9 Å². The first-order valence-electron chi connectivity index (χ1n) is 6.82. The third-order valence-corrected chi connectivity index (χ3v) is 3.64. The Hall–Kier alpha value is -2.57. The maximum Gasteiger partial charge on any atom is 0.270 e. The fraction of sp³-hybridized carbons (Fsp3) is 0.357. The Morgan fingerprint density at radius 3 is 3.00 bits per heavy atom. The summed E-state index contributed by atoms with van der Waals surface area (Å²) in [5.74, 6) is 0.237. The Morgan fingerprint density at radius 1 is 1.38 bits per heavy atom. The molecule has 1 aromatic heterocycles. The van der Waals surface area contributed by atoms with Crippen LogP contribution in [0.15, 0.2) is 30.5 Å². The van der Waals surface area contributed by atoms with Gasteiger partial charge in [-0.2, -0.15) is 15.0 Å². The number of carbonyl (C=O) groups is 1. The molecule has 108 valence electrons. The monoisotopic (exact) mass is 286 g/mol. The van der Waals surface area contributed by atoms with Crippen LogP contribution in [0.4, 0.5) is 5.69 Å². The molecule has 0 amide bonds. The number of benzene rings is 1. The van der Waals surface area contributed by atoms with Gasteiger partial charge in [0.15, 0.2) is 0 Å². The summed E-state index contributed by atoms with van der Waals surface area (Å²) in [6.07, 6.45) is 4.42. The molecule has 0 saturated heterocycles. The van der Waals surface area contributed by atoms with Crippen LogP contribution < -0.4 is 0 Å². The Labute approximate surface area is 120 Å². The molecule has 1 saturated carbocycles. The highest BCUT2D eigenvalue weighted by Crippen LogP contribution is 2.27. The van der Waals surface area contributed by atoms with E-state index in [0.717, 1.165) is 12.8 Å². The van der Waals surface area contributed by atoms with E-state index in [1.165, 1.54) is 12.1 Å². The molecule has 1 atom stereocenters. The summed E-state index contributed by atoms with van der Waals surface area (Å²) in [7, 11) is 0. The zero-order valence-corrected chi connectivity index (χ0v) is 11.3. The van der Waals surface area contributed by atoms with E-state index >= 15 is 0 Å². The number of non-ortho nitro benzene ring substituents is 1. The highest BCUT2D eigenvalue weighted by molar-refractivity contribution is 5.79. The van der Waals surface area contributed by atoms with Crippen molar-refractivity contribution in [2.75, 3.05) is 0 Å². The van der Waals surface area contributed by atoms with Gasteiger partial charge in [-0.25, -0.2) is 0 Å². The van der Waals surface area contributed by atoms with Gasteiger partial charge in [-0.1, -0.05) is 12.1 Å². The number of rotatable bonds is 3. The lowest BCUT2D eigenvalue weighted by molar-refractivity contribution is -0.384. The minimum absolute atomic E-state index is 0.00121. The van der Waals surface area contributed by atoms with E-state index in [1.807, 2.05) is 0 Å². The first-order valence-corrected chi connectivity index (χ1v) is 6.82. The summed E-state index contributed by atoms with van der Waals surface area (Å²) in [5, 5.41) is 19.4. The van der Waals surface area contributed by atoms with Crippen molar-refractivity contribution in [1.82, 2.24) is 15.0 Å². The molecular formula is C14H14N4O3. The van der Waals surface area contributed by atoms with Gasteiger partial charge >= 0.3 is 0 Å².